The summed E-state index contributed by atoms with van der Waals surface area (Å²) in [4.78, 5) is 22.4. The topological polar surface area (TPSA) is 77.3 Å². The van der Waals surface area contributed by atoms with E-state index in [4.69, 9.17) is 9.47 Å². The predicted molar refractivity (Wildman–Crippen MR) is 66.1 cm³/mol. The number of hydrogen-bond acceptors (Lipinski definition) is 5. The van der Waals surface area contributed by atoms with Crippen molar-refractivity contribution in [1.29, 1.82) is 0 Å². The minimum atomic E-state index is -0.786. The smallest absolute Gasteiger partial charge is 0.452 e. The zero-order valence-electron chi connectivity index (χ0n) is 11.5. The van der Waals surface area contributed by atoms with Gasteiger partial charge in [0, 0.05) is 6.08 Å². The second-order valence-corrected chi connectivity index (χ2v) is 4.42. The van der Waals surface area contributed by atoms with Gasteiger partial charge >= 0.3 is 12.1 Å². The Morgan fingerprint density at radius 2 is 1.78 bits per heavy atom. The van der Waals surface area contributed by atoms with E-state index in [0.29, 0.717) is 12.1 Å². The number of esters is 1. The Kier molecular flexibility index (Phi) is 6.85. The molecule has 6 heteroatoms. The molecule has 0 aliphatic rings. The van der Waals surface area contributed by atoms with E-state index in [-0.39, 0.29) is 6.61 Å². The van der Waals surface area contributed by atoms with Gasteiger partial charge in [-0.2, -0.15) is 0 Å². The van der Waals surface area contributed by atoms with Gasteiger partial charge < -0.3 is 9.47 Å². The van der Waals surface area contributed by atoms with Crippen LogP contribution in [0.1, 0.15) is 41.0 Å². The molecule has 0 aromatic rings. The van der Waals surface area contributed by atoms with E-state index in [2.05, 4.69) is 10.2 Å². The van der Waals surface area contributed by atoms with Gasteiger partial charge in [-0.3, -0.25) is 0 Å². The van der Waals surface area contributed by atoms with Crippen molar-refractivity contribution in [2.75, 3.05) is 6.61 Å². The third-order valence-electron chi connectivity index (χ3n) is 1.59. The van der Waals surface area contributed by atoms with Crippen molar-refractivity contribution in [3.63, 3.8) is 0 Å². The van der Waals surface area contributed by atoms with Gasteiger partial charge in [-0.25, -0.2) is 9.59 Å². The Morgan fingerprint density at radius 3 is 2.22 bits per heavy atom. The van der Waals surface area contributed by atoms with Crippen LogP contribution in [-0.4, -0.2) is 24.3 Å². The fraction of sp³-hybridized carbons (Fsp3) is 0.667. The van der Waals surface area contributed by atoms with Gasteiger partial charge in [-0.15, -0.1) is 5.11 Å². The van der Waals surface area contributed by atoms with E-state index in [1.54, 1.807) is 34.6 Å². The summed E-state index contributed by atoms with van der Waals surface area (Å²) in [5.41, 5.74) is -0.257. The van der Waals surface area contributed by atoms with Gasteiger partial charge in [0.25, 0.3) is 0 Å². The third-order valence-corrected chi connectivity index (χ3v) is 1.59. The lowest BCUT2D eigenvalue weighted by molar-refractivity contribution is -0.137. The summed E-state index contributed by atoms with van der Waals surface area (Å²) in [6.07, 6.45) is 0.883. The normalized spacial score (nSPS) is 12.6. The summed E-state index contributed by atoms with van der Waals surface area (Å²) in [5, 5.41) is 7.04. The molecule has 0 N–H and O–H groups in total. The molecule has 0 radical (unpaired) electrons. The van der Waals surface area contributed by atoms with Gasteiger partial charge in [0.2, 0.25) is 0 Å². The molecular weight excluding hydrogens is 236 g/mol. The Morgan fingerprint density at radius 1 is 1.17 bits per heavy atom. The second-order valence-electron chi connectivity index (χ2n) is 4.42. The molecule has 0 spiro atoms. The molecule has 0 aromatic heterocycles. The Labute approximate surface area is 107 Å². The second kappa shape index (κ2) is 7.58. The highest BCUT2D eigenvalue weighted by Gasteiger charge is 2.15. The summed E-state index contributed by atoms with van der Waals surface area (Å²) in [6, 6.07) is 0. The molecule has 0 unspecified atom stereocenters. The third kappa shape index (κ3) is 8.43. The molecule has 0 rings (SSSR count). The minimum absolute atomic E-state index is 0.287. The van der Waals surface area contributed by atoms with E-state index in [1.165, 1.54) is 6.08 Å². The number of rotatable bonds is 4. The van der Waals surface area contributed by atoms with E-state index in [9.17, 15) is 9.59 Å². The zero-order chi connectivity index (χ0) is 14.2. The van der Waals surface area contributed by atoms with E-state index >= 15 is 0 Å². The maximum absolute atomic E-state index is 11.3. The molecule has 6 nitrogen and oxygen atoms in total. The SMILES string of the molecule is CCOC(=O)/C=C(\CC)N=NC(=O)OC(C)(C)C. The average molecular weight is 256 g/mol. The summed E-state index contributed by atoms with van der Waals surface area (Å²) < 4.78 is 9.67. The number of amides is 1. The molecule has 1 amide bonds. The van der Waals surface area contributed by atoms with Crippen LogP contribution in [0.3, 0.4) is 0 Å². The van der Waals surface area contributed by atoms with Crippen molar-refractivity contribution in [3.05, 3.63) is 11.8 Å². The van der Waals surface area contributed by atoms with Crippen LogP contribution in [0, 0.1) is 0 Å². The van der Waals surface area contributed by atoms with Gasteiger partial charge in [0.1, 0.15) is 5.60 Å². The molecule has 0 saturated heterocycles. The highest BCUT2D eigenvalue weighted by molar-refractivity contribution is 5.82. The number of nitrogens with zero attached hydrogens (tertiary/aromatic N) is 2. The molecule has 0 aromatic carbocycles. The highest BCUT2D eigenvalue weighted by atomic mass is 16.6. The van der Waals surface area contributed by atoms with Crippen LogP contribution in [0.25, 0.3) is 0 Å². The van der Waals surface area contributed by atoms with Crippen molar-refractivity contribution in [2.24, 2.45) is 10.2 Å². The number of carbonyl (C=O) groups is 2. The molecular formula is C12H20N2O4. The fourth-order valence-electron chi connectivity index (χ4n) is 0.909. The van der Waals surface area contributed by atoms with Crippen molar-refractivity contribution < 1.29 is 19.1 Å². The number of ether oxygens (including phenoxy) is 2. The van der Waals surface area contributed by atoms with Gasteiger partial charge in [-0.1, -0.05) is 12.0 Å². The number of hydrogen-bond donors (Lipinski definition) is 0. The van der Waals surface area contributed by atoms with Crippen LogP contribution in [0.15, 0.2) is 22.0 Å². The molecule has 0 aliphatic heterocycles. The van der Waals surface area contributed by atoms with Crippen LogP contribution >= 0.6 is 0 Å². The fourth-order valence-corrected chi connectivity index (χ4v) is 0.909. The Balaban J connectivity index is 4.54. The summed E-state index contributed by atoms with van der Waals surface area (Å²) in [5.74, 6) is -0.502. The van der Waals surface area contributed by atoms with Crippen molar-refractivity contribution in [2.45, 2.75) is 46.6 Å². The maximum atomic E-state index is 11.3. The van der Waals surface area contributed by atoms with Crippen molar-refractivity contribution in [1.82, 2.24) is 0 Å². The van der Waals surface area contributed by atoms with Gasteiger partial charge in [-0.05, 0) is 34.1 Å². The van der Waals surface area contributed by atoms with Crippen molar-refractivity contribution >= 4 is 12.1 Å². The maximum Gasteiger partial charge on any atom is 0.452 e. The van der Waals surface area contributed by atoms with E-state index in [0.717, 1.165) is 0 Å². The predicted octanol–water partition coefficient (Wildman–Crippen LogP) is 3.23. The Hall–Kier alpha value is -1.72. The van der Waals surface area contributed by atoms with Crippen molar-refractivity contribution in [3.8, 4) is 0 Å². The number of carbonyl (C=O) groups excluding carboxylic acids is 2. The zero-order valence-corrected chi connectivity index (χ0v) is 11.5. The van der Waals surface area contributed by atoms with Crippen LogP contribution in [-0.2, 0) is 14.3 Å². The van der Waals surface area contributed by atoms with Crippen LogP contribution in [0.5, 0.6) is 0 Å². The molecule has 0 fully saturated rings. The first-order valence-corrected chi connectivity index (χ1v) is 5.80. The lowest BCUT2D eigenvalue weighted by Crippen LogP contribution is -2.21. The van der Waals surface area contributed by atoms with Crippen LogP contribution in [0.2, 0.25) is 0 Å². The quantitative estimate of drug-likeness (QED) is 0.439. The van der Waals surface area contributed by atoms with Crippen LogP contribution in [0.4, 0.5) is 4.79 Å². The summed E-state index contributed by atoms with van der Waals surface area (Å²) in [6.45, 7) is 8.98. The molecule has 0 heterocycles. The van der Waals surface area contributed by atoms with Gasteiger partial charge in [0.05, 0.1) is 12.3 Å². The monoisotopic (exact) mass is 256 g/mol. The first-order chi connectivity index (χ1) is 8.28. The molecule has 0 atom stereocenters. The van der Waals surface area contributed by atoms with E-state index < -0.39 is 17.7 Å². The molecule has 0 saturated carbocycles. The molecule has 0 bridgehead atoms. The summed E-state index contributed by atoms with van der Waals surface area (Å²) in [7, 11) is 0. The average Bonchev–Trinajstić information content (AvgIpc) is 2.22. The molecule has 18 heavy (non-hydrogen) atoms. The van der Waals surface area contributed by atoms with Crippen LogP contribution < -0.4 is 0 Å². The largest absolute Gasteiger partial charge is 0.463 e. The lowest BCUT2D eigenvalue weighted by Gasteiger charge is -2.16. The Bertz CT molecular complexity index is 354. The standard InChI is InChI=1S/C12H20N2O4/c1-6-9(8-10(15)17-7-2)13-14-11(16)18-12(3,4)5/h8H,6-7H2,1-5H3/b9-8+,14-13?. The number of allylic oxidation sites excluding steroid dienone is 1. The first-order valence-electron chi connectivity index (χ1n) is 5.80. The first kappa shape index (κ1) is 16.3. The summed E-state index contributed by atoms with van der Waals surface area (Å²) >= 11 is 0. The molecule has 102 valence electrons. The van der Waals surface area contributed by atoms with Gasteiger partial charge in [0.15, 0.2) is 0 Å². The highest BCUT2D eigenvalue weighted by Crippen LogP contribution is 2.10. The molecule has 0 aliphatic carbocycles. The minimum Gasteiger partial charge on any atom is -0.463 e. The lowest BCUT2D eigenvalue weighted by atomic mass is 10.2. The van der Waals surface area contributed by atoms with E-state index in [1.807, 2.05) is 0 Å². The number of azo groups is 1.